The monoisotopic (exact) mass is 411 g/mol. The first kappa shape index (κ1) is 20.6. The first-order chi connectivity index (χ1) is 14.0. The molecule has 1 aromatic carbocycles. The van der Waals surface area contributed by atoms with Crippen LogP contribution in [0.5, 0.6) is 0 Å². The fourth-order valence-electron chi connectivity index (χ4n) is 3.20. The predicted octanol–water partition coefficient (Wildman–Crippen LogP) is 3.04. The van der Waals surface area contributed by atoms with E-state index in [1.165, 1.54) is 35.6 Å². The number of hydrogen-bond acceptors (Lipinski definition) is 6. The Hall–Kier alpha value is -3.18. The standard InChI is InChI=1S/C21H21N3O4S/c1-2-28-21(27)18-15-5-3-4-6-16(15)29-20(18)24-17(25)12-23-19(26)14-9-7-13(11-22)8-10-14/h7-10H,2-6,12H2,1H3,(H,23,26)(H,24,25). The molecule has 3 rings (SSSR count). The molecule has 0 saturated carbocycles. The van der Waals surface area contributed by atoms with Gasteiger partial charge in [-0.1, -0.05) is 0 Å². The van der Waals surface area contributed by atoms with Gasteiger partial charge in [-0.3, -0.25) is 9.59 Å². The fraction of sp³-hybridized carbons (Fsp3) is 0.333. The van der Waals surface area contributed by atoms with Gasteiger partial charge < -0.3 is 15.4 Å². The van der Waals surface area contributed by atoms with Crippen LogP contribution in [0.1, 0.15) is 56.5 Å². The molecule has 1 heterocycles. The van der Waals surface area contributed by atoms with Crippen molar-refractivity contribution >= 4 is 34.1 Å². The van der Waals surface area contributed by atoms with Gasteiger partial charge in [-0.25, -0.2) is 4.79 Å². The first-order valence-electron chi connectivity index (χ1n) is 9.43. The van der Waals surface area contributed by atoms with Crippen LogP contribution in [0.4, 0.5) is 5.00 Å². The second-order valence-electron chi connectivity index (χ2n) is 6.56. The van der Waals surface area contributed by atoms with Crippen molar-refractivity contribution in [2.24, 2.45) is 0 Å². The summed E-state index contributed by atoms with van der Waals surface area (Å²) in [5, 5.41) is 14.6. The van der Waals surface area contributed by atoms with E-state index in [4.69, 9.17) is 10.00 Å². The number of nitrogens with zero attached hydrogens (tertiary/aromatic N) is 1. The van der Waals surface area contributed by atoms with Crippen LogP contribution >= 0.6 is 11.3 Å². The number of ether oxygens (including phenoxy) is 1. The Balaban J connectivity index is 1.67. The summed E-state index contributed by atoms with van der Waals surface area (Å²) in [7, 11) is 0. The highest BCUT2D eigenvalue weighted by Gasteiger charge is 2.27. The zero-order chi connectivity index (χ0) is 20.8. The smallest absolute Gasteiger partial charge is 0.341 e. The Labute approximate surface area is 172 Å². The van der Waals surface area contributed by atoms with Crippen molar-refractivity contribution in [3.63, 3.8) is 0 Å². The Morgan fingerprint density at radius 3 is 2.59 bits per heavy atom. The molecule has 7 nitrogen and oxygen atoms in total. The summed E-state index contributed by atoms with van der Waals surface area (Å²) in [6, 6.07) is 8.11. The molecule has 0 atom stereocenters. The molecule has 0 bridgehead atoms. The van der Waals surface area contributed by atoms with Crippen molar-refractivity contribution < 1.29 is 19.1 Å². The van der Waals surface area contributed by atoms with Crippen molar-refractivity contribution in [2.45, 2.75) is 32.6 Å². The number of fused-ring (bicyclic) bond motifs is 1. The van der Waals surface area contributed by atoms with Crippen molar-refractivity contribution in [2.75, 3.05) is 18.5 Å². The molecule has 0 saturated heterocycles. The Kier molecular flexibility index (Phi) is 6.62. The van der Waals surface area contributed by atoms with E-state index in [1.54, 1.807) is 6.92 Å². The van der Waals surface area contributed by atoms with Gasteiger partial charge in [0.2, 0.25) is 5.91 Å². The van der Waals surface area contributed by atoms with Crippen LogP contribution in [-0.4, -0.2) is 30.9 Å². The molecule has 0 fully saturated rings. The first-order valence-corrected chi connectivity index (χ1v) is 10.2. The van der Waals surface area contributed by atoms with E-state index in [9.17, 15) is 14.4 Å². The molecule has 150 valence electrons. The Bertz CT molecular complexity index is 973. The third-order valence-electron chi connectivity index (χ3n) is 4.59. The molecule has 1 aliphatic rings. The van der Waals surface area contributed by atoms with Crippen molar-refractivity contribution in [1.82, 2.24) is 5.32 Å². The zero-order valence-corrected chi connectivity index (χ0v) is 16.9. The van der Waals surface area contributed by atoms with Gasteiger partial charge >= 0.3 is 5.97 Å². The van der Waals surface area contributed by atoms with Crippen LogP contribution in [0.25, 0.3) is 0 Å². The zero-order valence-electron chi connectivity index (χ0n) is 16.0. The van der Waals surface area contributed by atoms with E-state index in [0.717, 1.165) is 36.1 Å². The van der Waals surface area contributed by atoms with Gasteiger partial charge in [0.15, 0.2) is 0 Å². The molecule has 1 aromatic heterocycles. The number of carbonyl (C=O) groups excluding carboxylic acids is 3. The molecule has 0 radical (unpaired) electrons. The van der Waals surface area contributed by atoms with Gasteiger partial charge in [-0.05, 0) is 62.4 Å². The molecule has 2 N–H and O–H groups in total. The highest BCUT2D eigenvalue weighted by atomic mass is 32.1. The number of nitrogens with one attached hydrogen (secondary N) is 2. The largest absolute Gasteiger partial charge is 0.462 e. The number of benzene rings is 1. The maximum absolute atomic E-state index is 12.4. The van der Waals surface area contributed by atoms with Gasteiger partial charge in [0.1, 0.15) is 5.00 Å². The third-order valence-corrected chi connectivity index (χ3v) is 5.80. The number of hydrogen-bond donors (Lipinski definition) is 2. The SMILES string of the molecule is CCOC(=O)c1c(NC(=O)CNC(=O)c2ccc(C#N)cc2)sc2c1CCCC2. The maximum atomic E-state index is 12.4. The van der Waals surface area contributed by atoms with Gasteiger partial charge in [-0.15, -0.1) is 11.3 Å². The quantitative estimate of drug-likeness (QED) is 0.710. The lowest BCUT2D eigenvalue weighted by molar-refractivity contribution is -0.115. The average Bonchev–Trinajstić information content (AvgIpc) is 3.10. The van der Waals surface area contributed by atoms with Crippen LogP contribution in [-0.2, 0) is 22.4 Å². The lowest BCUT2D eigenvalue weighted by Crippen LogP contribution is -2.33. The van der Waals surface area contributed by atoms with Crippen LogP contribution < -0.4 is 10.6 Å². The molecule has 0 aliphatic heterocycles. The summed E-state index contributed by atoms with van der Waals surface area (Å²) < 4.78 is 5.17. The fourth-order valence-corrected chi connectivity index (χ4v) is 4.50. The summed E-state index contributed by atoms with van der Waals surface area (Å²) in [4.78, 5) is 38.1. The van der Waals surface area contributed by atoms with Gasteiger partial charge in [0, 0.05) is 10.4 Å². The number of rotatable bonds is 6. The Morgan fingerprint density at radius 1 is 1.17 bits per heavy atom. The molecule has 8 heteroatoms. The lowest BCUT2D eigenvalue weighted by atomic mass is 9.95. The summed E-state index contributed by atoms with van der Waals surface area (Å²) in [5.74, 6) is -1.26. The van der Waals surface area contributed by atoms with E-state index in [2.05, 4.69) is 10.6 Å². The minimum Gasteiger partial charge on any atom is -0.462 e. The number of nitriles is 1. The topological polar surface area (TPSA) is 108 Å². The number of esters is 1. The van der Waals surface area contributed by atoms with Crippen molar-refractivity contribution in [3.8, 4) is 6.07 Å². The second kappa shape index (κ2) is 9.34. The normalized spacial score (nSPS) is 12.4. The number of amides is 2. The molecular formula is C21H21N3O4S. The van der Waals surface area contributed by atoms with E-state index in [0.29, 0.717) is 21.7 Å². The molecule has 29 heavy (non-hydrogen) atoms. The second-order valence-corrected chi connectivity index (χ2v) is 7.66. The number of carbonyl (C=O) groups is 3. The molecule has 0 unspecified atom stereocenters. The van der Waals surface area contributed by atoms with Gasteiger partial charge in [-0.2, -0.15) is 5.26 Å². The minimum absolute atomic E-state index is 0.232. The summed E-state index contributed by atoms with van der Waals surface area (Å²) >= 11 is 1.40. The van der Waals surface area contributed by atoms with Gasteiger partial charge in [0.05, 0.1) is 30.3 Å². The van der Waals surface area contributed by atoms with E-state index in [1.807, 2.05) is 6.07 Å². The number of aryl methyl sites for hydroxylation is 1. The van der Waals surface area contributed by atoms with Crippen LogP contribution in [0.3, 0.4) is 0 Å². The van der Waals surface area contributed by atoms with Crippen LogP contribution in [0.15, 0.2) is 24.3 Å². The highest BCUT2D eigenvalue weighted by Crippen LogP contribution is 2.38. The molecule has 2 amide bonds. The van der Waals surface area contributed by atoms with Crippen LogP contribution in [0.2, 0.25) is 0 Å². The Morgan fingerprint density at radius 2 is 1.90 bits per heavy atom. The third kappa shape index (κ3) is 4.81. The lowest BCUT2D eigenvalue weighted by Gasteiger charge is -2.12. The van der Waals surface area contributed by atoms with E-state index >= 15 is 0 Å². The van der Waals surface area contributed by atoms with Crippen molar-refractivity contribution in [3.05, 3.63) is 51.4 Å². The number of thiophene rings is 1. The molecule has 2 aromatic rings. The highest BCUT2D eigenvalue weighted by molar-refractivity contribution is 7.17. The molecular weight excluding hydrogens is 390 g/mol. The summed E-state index contributed by atoms with van der Waals surface area (Å²) in [6.07, 6.45) is 3.75. The minimum atomic E-state index is -0.427. The summed E-state index contributed by atoms with van der Waals surface area (Å²) in [6.45, 7) is 1.77. The summed E-state index contributed by atoms with van der Waals surface area (Å²) in [5.41, 5.74) is 2.22. The number of anilines is 1. The maximum Gasteiger partial charge on any atom is 0.341 e. The van der Waals surface area contributed by atoms with E-state index < -0.39 is 17.8 Å². The molecule has 0 spiro atoms. The molecule has 1 aliphatic carbocycles. The van der Waals surface area contributed by atoms with Crippen molar-refractivity contribution in [1.29, 1.82) is 5.26 Å². The van der Waals surface area contributed by atoms with Crippen LogP contribution in [0, 0.1) is 11.3 Å². The predicted molar refractivity (Wildman–Crippen MR) is 109 cm³/mol. The average molecular weight is 411 g/mol. The van der Waals surface area contributed by atoms with E-state index in [-0.39, 0.29) is 13.2 Å². The van der Waals surface area contributed by atoms with Gasteiger partial charge in [0.25, 0.3) is 5.91 Å².